The number of hydrogen-bond acceptors (Lipinski definition) is 7. The van der Waals surface area contributed by atoms with Crippen LogP contribution in [-0.2, 0) is 26.0 Å². The van der Waals surface area contributed by atoms with E-state index in [-0.39, 0.29) is 22.6 Å². The van der Waals surface area contributed by atoms with Crippen molar-refractivity contribution in [2.75, 3.05) is 37.0 Å². The molecule has 0 radical (unpaired) electrons. The van der Waals surface area contributed by atoms with Crippen LogP contribution >= 0.6 is 11.8 Å². The van der Waals surface area contributed by atoms with Crippen molar-refractivity contribution in [2.45, 2.75) is 29.5 Å². The molecule has 1 fully saturated rings. The molecule has 0 unspecified atom stereocenters. The Bertz CT molecular complexity index is 1270. The Morgan fingerprint density at radius 3 is 2.78 bits per heavy atom. The van der Waals surface area contributed by atoms with Crippen molar-refractivity contribution in [2.24, 2.45) is 0 Å². The van der Waals surface area contributed by atoms with Crippen molar-refractivity contribution < 1.29 is 22.4 Å². The van der Waals surface area contributed by atoms with Crippen LogP contribution in [-0.4, -0.2) is 61.7 Å². The number of aromatic nitrogens is 1. The first-order chi connectivity index (χ1) is 15.4. The maximum atomic E-state index is 12.9. The summed E-state index contributed by atoms with van der Waals surface area (Å²) < 4.78 is 38.2. The molecule has 2 aliphatic rings. The third-order valence-corrected chi connectivity index (χ3v) is 8.45. The monoisotopic (exact) mass is 473 g/mol. The Kier molecular flexibility index (Phi) is 5.70. The number of benzene rings is 2. The van der Waals surface area contributed by atoms with Crippen LogP contribution in [0.2, 0.25) is 0 Å². The highest BCUT2D eigenvalue weighted by atomic mass is 32.2. The third kappa shape index (κ3) is 3.92. The summed E-state index contributed by atoms with van der Waals surface area (Å²) in [6, 6.07) is 12.7. The average molecular weight is 474 g/mol. The first-order valence-electron chi connectivity index (χ1n) is 10.4. The summed E-state index contributed by atoms with van der Waals surface area (Å²) in [6.45, 7) is 3.49. The maximum Gasteiger partial charge on any atom is 0.257 e. The van der Waals surface area contributed by atoms with Gasteiger partial charge in [0.15, 0.2) is 5.58 Å². The Morgan fingerprint density at radius 1 is 1.19 bits per heavy atom. The molecule has 1 atom stereocenters. The van der Waals surface area contributed by atoms with Gasteiger partial charge in [0.25, 0.3) is 5.22 Å². The van der Waals surface area contributed by atoms with Crippen LogP contribution in [0.1, 0.15) is 12.5 Å². The molecule has 0 spiro atoms. The van der Waals surface area contributed by atoms with E-state index in [0.717, 1.165) is 12.1 Å². The molecule has 1 saturated heterocycles. The highest BCUT2D eigenvalue weighted by Crippen LogP contribution is 2.33. The maximum absolute atomic E-state index is 12.9. The predicted octanol–water partition coefficient (Wildman–Crippen LogP) is 2.92. The minimum atomic E-state index is -3.61. The second-order valence-electron chi connectivity index (χ2n) is 7.86. The molecule has 0 N–H and O–H groups in total. The highest BCUT2D eigenvalue weighted by Gasteiger charge is 2.31. The van der Waals surface area contributed by atoms with Crippen LogP contribution < -0.4 is 4.90 Å². The van der Waals surface area contributed by atoms with E-state index in [4.69, 9.17) is 9.15 Å². The molecule has 0 bridgehead atoms. The summed E-state index contributed by atoms with van der Waals surface area (Å²) in [5, 5.41) is 0.342. The molecule has 10 heteroatoms. The molecule has 0 saturated carbocycles. The van der Waals surface area contributed by atoms with Gasteiger partial charge in [-0.3, -0.25) is 4.79 Å². The van der Waals surface area contributed by atoms with Crippen LogP contribution in [0.15, 0.2) is 57.0 Å². The number of nitrogens with zero attached hydrogens (tertiary/aromatic N) is 3. The Balaban J connectivity index is 1.31. The predicted molar refractivity (Wildman–Crippen MR) is 121 cm³/mol. The summed E-state index contributed by atoms with van der Waals surface area (Å²) in [4.78, 5) is 19.3. The van der Waals surface area contributed by atoms with E-state index in [1.165, 1.54) is 33.8 Å². The molecule has 168 valence electrons. The number of morpholine rings is 1. The lowest BCUT2D eigenvalue weighted by atomic mass is 10.1. The number of oxazole rings is 1. The van der Waals surface area contributed by atoms with E-state index in [1.54, 1.807) is 6.07 Å². The number of hydrogen-bond donors (Lipinski definition) is 0. The SMILES string of the molecule is C[C@H]1Cc2ccccc2N1C(=O)CSc1nc2cc(S(=O)(=O)N3CCOCC3)ccc2o1. The zero-order chi connectivity index (χ0) is 22.3. The topological polar surface area (TPSA) is 93.0 Å². The van der Waals surface area contributed by atoms with Gasteiger partial charge < -0.3 is 14.1 Å². The van der Waals surface area contributed by atoms with E-state index < -0.39 is 10.0 Å². The average Bonchev–Trinajstić information content (AvgIpc) is 3.37. The fourth-order valence-corrected chi connectivity index (χ4v) is 6.31. The van der Waals surface area contributed by atoms with Crippen LogP contribution in [0, 0.1) is 0 Å². The number of sulfonamides is 1. The van der Waals surface area contributed by atoms with Crippen LogP contribution in [0.4, 0.5) is 5.69 Å². The molecule has 8 nitrogen and oxygen atoms in total. The van der Waals surface area contributed by atoms with Crippen molar-refractivity contribution in [1.29, 1.82) is 0 Å². The molecular weight excluding hydrogens is 450 g/mol. The summed E-state index contributed by atoms with van der Waals surface area (Å²) >= 11 is 1.21. The van der Waals surface area contributed by atoms with Gasteiger partial charge >= 0.3 is 0 Å². The molecule has 1 aromatic heterocycles. The molecule has 1 amide bonds. The molecule has 32 heavy (non-hydrogen) atoms. The number of carbonyl (C=O) groups excluding carboxylic acids is 1. The van der Waals surface area contributed by atoms with Crippen molar-refractivity contribution >= 4 is 44.5 Å². The van der Waals surface area contributed by atoms with Crippen molar-refractivity contribution in [3.05, 3.63) is 48.0 Å². The van der Waals surface area contributed by atoms with Gasteiger partial charge in [0, 0.05) is 24.8 Å². The number of fused-ring (bicyclic) bond motifs is 2. The lowest BCUT2D eigenvalue weighted by molar-refractivity contribution is -0.116. The lowest BCUT2D eigenvalue weighted by Gasteiger charge is -2.25. The van der Waals surface area contributed by atoms with Gasteiger partial charge in [-0.05, 0) is 43.2 Å². The number of rotatable bonds is 5. The Labute approximate surface area is 190 Å². The summed E-state index contributed by atoms with van der Waals surface area (Å²) in [5.41, 5.74) is 3.07. The summed E-state index contributed by atoms with van der Waals surface area (Å²) in [7, 11) is -3.61. The lowest BCUT2D eigenvalue weighted by Crippen LogP contribution is -2.40. The van der Waals surface area contributed by atoms with Gasteiger partial charge in [0.05, 0.1) is 23.9 Å². The number of thioether (sulfide) groups is 1. The molecule has 0 aliphatic carbocycles. The molecular formula is C22H23N3O5S2. The van der Waals surface area contributed by atoms with Crippen molar-refractivity contribution in [1.82, 2.24) is 9.29 Å². The molecule has 5 rings (SSSR count). The van der Waals surface area contributed by atoms with E-state index in [0.29, 0.717) is 42.6 Å². The number of para-hydroxylation sites is 1. The second kappa shape index (κ2) is 8.51. The van der Waals surface area contributed by atoms with Gasteiger partial charge in [0.1, 0.15) is 5.52 Å². The largest absolute Gasteiger partial charge is 0.431 e. The number of carbonyl (C=O) groups is 1. The van der Waals surface area contributed by atoms with Crippen molar-refractivity contribution in [3.63, 3.8) is 0 Å². The zero-order valence-corrected chi connectivity index (χ0v) is 19.2. The normalized spacial score (nSPS) is 19.4. The number of ether oxygens (including phenoxy) is 1. The highest BCUT2D eigenvalue weighted by molar-refractivity contribution is 7.99. The van der Waals surface area contributed by atoms with Gasteiger partial charge in [-0.25, -0.2) is 13.4 Å². The fourth-order valence-electron chi connectivity index (χ4n) is 4.18. The second-order valence-corrected chi connectivity index (χ2v) is 10.7. The van der Waals surface area contributed by atoms with Crippen LogP contribution in [0.3, 0.4) is 0 Å². The quantitative estimate of drug-likeness (QED) is 0.526. The minimum absolute atomic E-state index is 0.00899. The smallest absolute Gasteiger partial charge is 0.257 e. The van der Waals surface area contributed by atoms with Crippen molar-refractivity contribution in [3.8, 4) is 0 Å². The van der Waals surface area contributed by atoms with Gasteiger partial charge in [-0.1, -0.05) is 30.0 Å². The summed E-state index contributed by atoms with van der Waals surface area (Å²) in [5.74, 6) is 0.176. The van der Waals surface area contributed by atoms with E-state index in [2.05, 4.69) is 11.1 Å². The van der Waals surface area contributed by atoms with E-state index in [1.807, 2.05) is 30.0 Å². The van der Waals surface area contributed by atoms with E-state index >= 15 is 0 Å². The Hall–Kier alpha value is -2.40. The first kappa shape index (κ1) is 21.4. The van der Waals surface area contributed by atoms with Gasteiger partial charge in [-0.2, -0.15) is 4.31 Å². The van der Waals surface area contributed by atoms with Gasteiger partial charge in [-0.15, -0.1) is 0 Å². The number of anilines is 1. The first-order valence-corrected chi connectivity index (χ1v) is 12.9. The molecule has 3 heterocycles. The van der Waals surface area contributed by atoms with E-state index in [9.17, 15) is 13.2 Å². The van der Waals surface area contributed by atoms with Crippen LogP contribution in [0.5, 0.6) is 0 Å². The number of amides is 1. The minimum Gasteiger partial charge on any atom is -0.431 e. The zero-order valence-electron chi connectivity index (χ0n) is 17.6. The molecule has 2 aliphatic heterocycles. The van der Waals surface area contributed by atoms with Gasteiger partial charge in [0.2, 0.25) is 15.9 Å². The molecule has 2 aromatic carbocycles. The molecule has 3 aromatic rings. The Morgan fingerprint density at radius 2 is 1.97 bits per heavy atom. The standard InChI is InChI=1S/C22H23N3O5S2/c1-15-12-16-4-2-3-5-19(16)25(15)21(26)14-31-22-23-18-13-17(6-7-20(18)30-22)32(27,28)24-8-10-29-11-9-24/h2-7,13,15H,8-12,14H2,1H3/t15-/m0/s1. The summed E-state index contributed by atoms with van der Waals surface area (Å²) in [6.07, 6.45) is 0.843. The van der Waals surface area contributed by atoms with Crippen LogP contribution in [0.25, 0.3) is 11.1 Å². The fraction of sp³-hybridized carbons (Fsp3) is 0.364. The third-order valence-electron chi connectivity index (χ3n) is 5.74.